The molecule has 0 unspecified atom stereocenters. The lowest BCUT2D eigenvalue weighted by Crippen LogP contribution is -2.28. The van der Waals surface area contributed by atoms with Crippen LogP contribution in [0.25, 0.3) is 0 Å². The first kappa shape index (κ1) is 18.4. The number of amides is 1. The monoisotopic (exact) mass is 432 g/mol. The molecule has 0 aliphatic heterocycles. The highest BCUT2D eigenvalue weighted by Gasteiger charge is 2.17. The molecule has 0 heterocycles. The van der Waals surface area contributed by atoms with Crippen LogP contribution in [0.2, 0.25) is 0 Å². The SMILES string of the molecule is CC(=O)NS(=O)(=O)c1ccc(NS(=O)(=O)c2ccc(Br)cc2)cc1. The van der Waals surface area contributed by atoms with E-state index in [4.69, 9.17) is 0 Å². The number of nitrogens with one attached hydrogen (secondary N) is 2. The Morgan fingerprint density at radius 3 is 1.79 bits per heavy atom. The zero-order valence-electron chi connectivity index (χ0n) is 12.4. The zero-order valence-corrected chi connectivity index (χ0v) is 15.6. The summed E-state index contributed by atoms with van der Waals surface area (Å²) in [4.78, 5) is 10.8. The Labute approximate surface area is 148 Å². The van der Waals surface area contributed by atoms with Gasteiger partial charge in [0.1, 0.15) is 0 Å². The average Bonchev–Trinajstić information content (AvgIpc) is 2.46. The third-order valence-electron chi connectivity index (χ3n) is 2.82. The molecule has 128 valence electrons. The molecule has 1 amide bonds. The van der Waals surface area contributed by atoms with Crippen molar-refractivity contribution in [1.29, 1.82) is 0 Å². The Bertz CT molecular complexity index is 953. The van der Waals surface area contributed by atoms with E-state index in [0.29, 0.717) is 0 Å². The lowest BCUT2D eigenvalue weighted by atomic mass is 10.3. The lowest BCUT2D eigenvalue weighted by Gasteiger charge is -2.09. The maximum atomic E-state index is 12.2. The maximum absolute atomic E-state index is 12.2. The van der Waals surface area contributed by atoms with Crippen molar-refractivity contribution in [2.75, 3.05) is 4.72 Å². The lowest BCUT2D eigenvalue weighted by molar-refractivity contribution is -0.117. The summed E-state index contributed by atoms with van der Waals surface area (Å²) in [6, 6.07) is 11.0. The highest BCUT2D eigenvalue weighted by molar-refractivity contribution is 9.10. The second-order valence-electron chi connectivity index (χ2n) is 4.75. The predicted molar refractivity (Wildman–Crippen MR) is 92.4 cm³/mol. The Morgan fingerprint density at radius 2 is 1.29 bits per heavy atom. The topological polar surface area (TPSA) is 109 Å². The third kappa shape index (κ3) is 4.56. The average molecular weight is 433 g/mol. The smallest absolute Gasteiger partial charge is 0.264 e. The normalized spacial score (nSPS) is 11.8. The van der Waals surface area contributed by atoms with Crippen LogP contribution in [0.3, 0.4) is 0 Å². The number of halogens is 1. The van der Waals surface area contributed by atoms with E-state index in [1.807, 2.05) is 4.72 Å². The fraction of sp³-hybridized carbons (Fsp3) is 0.0714. The highest BCUT2D eigenvalue weighted by atomic mass is 79.9. The molecule has 0 radical (unpaired) electrons. The van der Waals surface area contributed by atoms with E-state index >= 15 is 0 Å². The number of hydrogen-bond acceptors (Lipinski definition) is 5. The maximum Gasteiger partial charge on any atom is 0.264 e. The summed E-state index contributed by atoms with van der Waals surface area (Å²) in [6.45, 7) is 1.08. The number of rotatable bonds is 5. The number of anilines is 1. The van der Waals surface area contributed by atoms with Crippen LogP contribution < -0.4 is 9.44 Å². The molecule has 0 saturated heterocycles. The second kappa shape index (κ2) is 6.91. The summed E-state index contributed by atoms with van der Waals surface area (Å²) in [5, 5.41) is 0. The fourth-order valence-corrected chi connectivity index (χ4v) is 4.09. The molecule has 10 heteroatoms. The molecule has 2 aromatic rings. The standard InChI is InChI=1S/C14H13BrN2O5S2/c1-10(18)16-23(19,20)14-8-4-12(5-9-14)17-24(21,22)13-6-2-11(15)3-7-13/h2-9,17H,1H3,(H,16,18). The minimum Gasteiger partial charge on any atom is -0.280 e. The van der Waals surface area contributed by atoms with Gasteiger partial charge < -0.3 is 0 Å². The molecule has 0 aromatic heterocycles. The van der Waals surface area contributed by atoms with Crippen LogP contribution in [-0.4, -0.2) is 22.7 Å². The van der Waals surface area contributed by atoms with Crippen molar-refractivity contribution in [3.8, 4) is 0 Å². The summed E-state index contributed by atoms with van der Waals surface area (Å²) in [5.41, 5.74) is 0.194. The highest BCUT2D eigenvalue weighted by Crippen LogP contribution is 2.20. The van der Waals surface area contributed by atoms with Crippen molar-refractivity contribution in [2.45, 2.75) is 16.7 Å². The van der Waals surface area contributed by atoms with Gasteiger partial charge >= 0.3 is 0 Å². The van der Waals surface area contributed by atoms with Gasteiger partial charge in [0.2, 0.25) is 5.91 Å². The van der Waals surface area contributed by atoms with Gasteiger partial charge in [-0.25, -0.2) is 21.6 Å². The number of sulfonamides is 2. The van der Waals surface area contributed by atoms with E-state index in [1.54, 1.807) is 12.1 Å². The molecular weight excluding hydrogens is 420 g/mol. The molecule has 7 nitrogen and oxygen atoms in total. The van der Waals surface area contributed by atoms with Crippen LogP contribution in [0, 0.1) is 0 Å². The molecular formula is C14H13BrN2O5S2. The number of carbonyl (C=O) groups excluding carboxylic acids is 1. The minimum atomic E-state index is -3.96. The number of hydrogen-bond donors (Lipinski definition) is 2. The predicted octanol–water partition coefficient (Wildman–Crippen LogP) is 2.07. The van der Waals surface area contributed by atoms with Crippen molar-refractivity contribution < 1.29 is 21.6 Å². The van der Waals surface area contributed by atoms with Crippen LogP contribution in [0.1, 0.15) is 6.92 Å². The third-order valence-corrected chi connectivity index (χ3v) is 6.19. The molecule has 0 aliphatic rings. The van der Waals surface area contributed by atoms with Crippen LogP contribution in [0.5, 0.6) is 0 Å². The van der Waals surface area contributed by atoms with E-state index in [1.165, 1.54) is 36.4 Å². The first-order chi connectivity index (χ1) is 11.1. The van der Waals surface area contributed by atoms with E-state index < -0.39 is 26.0 Å². The van der Waals surface area contributed by atoms with E-state index in [9.17, 15) is 21.6 Å². The van der Waals surface area contributed by atoms with Crippen molar-refractivity contribution in [2.24, 2.45) is 0 Å². The summed E-state index contributed by atoms with van der Waals surface area (Å²) in [5.74, 6) is -0.713. The van der Waals surface area contributed by atoms with Crippen LogP contribution in [0.15, 0.2) is 62.8 Å². The van der Waals surface area contributed by atoms with Gasteiger partial charge in [-0.05, 0) is 48.5 Å². The van der Waals surface area contributed by atoms with Crippen molar-refractivity contribution in [1.82, 2.24) is 4.72 Å². The van der Waals surface area contributed by atoms with Crippen LogP contribution in [-0.2, 0) is 24.8 Å². The van der Waals surface area contributed by atoms with Gasteiger partial charge in [-0.1, -0.05) is 15.9 Å². The van der Waals surface area contributed by atoms with Gasteiger partial charge in [0.05, 0.1) is 9.79 Å². The second-order valence-corrected chi connectivity index (χ2v) is 9.03. The van der Waals surface area contributed by atoms with Crippen LogP contribution in [0.4, 0.5) is 5.69 Å². The molecule has 0 saturated carbocycles. The van der Waals surface area contributed by atoms with E-state index in [-0.39, 0.29) is 15.5 Å². The van der Waals surface area contributed by atoms with Gasteiger partial charge in [0.15, 0.2) is 0 Å². The van der Waals surface area contributed by atoms with Crippen molar-refractivity contribution in [3.63, 3.8) is 0 Å². The van der Waals surface area contributed by atoms with Gasteiger partial charge in [0.25, 0.3) is 20.0 Å². The molecule has 2 rings (SSSR count). The Balaban J connectivity index is 2.23. The molecule has 2 aromatic carbocycles. The summed E-state index contributed by atoms with van der Waals surface area (Å²) in [6.07, 6.45) is 0. The first-order valence-electron chi connectivity index (χ1n) is 6.52. The Hall–Kier alpha value is -1.91. The van der Waals surface area contributed by atoms with Gasteiger partial charge in [0, 0.05) is 17.1 Å². The summed E-state index contributed by atoms with van der Waals surface area (Å²) < 4.78 is 53.0. The van der Waals surface area contributed by atoms with Crippen molar-refractivity contribution >= 4 is 47.6 Å². The molecule has 0 atom stereocenters. The van der Waals surface area contributed by atoms with E-state index in [0.717, 1.165) is 11.4 Å². The molecule has 0 spiro atoms. The Kier molecular flexibility index (Phi) is 5.31. The largest absolute Gasteiger partial charge is 0.280 e. The summed E-state index contributed by atoms with van der Waals surface area (Å²) >= 11 is 3.22. The van der Waals surface area contributed by atoms with E-state index in [2.05, 4.69) is 20.7 Å². The van der Waals surface area contributed by atoms with Crippen molar-refractivity contribution in [3.05, 3.63) is 53.0 Å². The number of benzene rings is 2. The molecule has 0 aliphatic carbocycles. The number of carbonyl (C=O) groups is 1. The summed E-state index contributed by atoms with van der Waals surface area (Å²) in [7, 11) is -7.75. The minimum absolute atomic E-state index is 0.0700. The zero-order chi connectivity index (χ0) is 18.0. The Morgan fingerprint density at radius 1 is 0.833 bits per heavy atom. The van der Waals surface area contributed by atoms with Crippen LogP contribution >= 0.6 is 15.9 Å². The van der Waals surface area contributed by atoms with Gasteiger partial charge in [-0.3, -0.25) is 9.52 Å². The molecule has 24 heavy (non-hydrogen) atoms. The van der Waals surface area contributed by atoms with Gasteiger partial charge in [-0.15, -0.1) is 0 Å². The fourth-order valence-electron chi connectivity index (χ4n) is 1.78. The molecule has 0 fully saturated rings. The quantitative estimate of drug-likeness (QED) is 0.751. The molecule has 0 bridgehead atoms. The first-order valence-corrected chi connectivity index (χ1v) is 10.3. The van der Waals surface area contributed by atoms with Gasteiger partial charge in [-0.2, -0.15) is 0 Å². The molecule has 2 N–H and O–H groups in total.